The van der Waals surface area contributed by atoms with Gasteiger partial charge in [-0.15, -0.1) is 0 Å². The van der Waals surface area contributed by atoms with Crippen LogP contribution in [0.3, 0.4) is 0 Å². The Morgan fingerprint density at radius 2 is 1.79 bits per heavy atom. The van der Waals surface area contributed by atoms with E-state index in [2.05, 4.69) is 28.4 Å². The van der Waals surface area contributed by atoms with Gasteiger partial charge in [-0.3, -0.25) is 4.79 Å². The Morgan fingerprint density at radius 1 is 1.00 bits per heavy atom. The number of aromatic nitrogens is 1. The van der Waals surface area contributed by atoms with Crippen LogP contribution in [0.15, 0.2) is 47.3 Å². The fraction of sp³-hybridized carbons (Fsp3) is 0.423. The van der Waals surface area contributed by atoms with Crippen molar-refractivity contribution in [3.8, 4) is 11.5 Å². The highest BCUT2D eigenvalue weighted by molar-refractivity contribution is 6.35. The average molecular weight is 468 g/mol. The van der Waals surface area contributed by atoms with Gasteiger partial charge in [-0.1, -0.05) is 29.8 Å². The molecule has 1 saturated heterocycles. The molecule has 3 heterocycles. The van der Waals surface area contributed by atoms with Crippen molar-refractivity contribution in [1.82, 2.24) is 14.8 Å². The Hall–Kier alpha value is -2.54. The Balaban J connectivity index is 1.14. The molecule has 0 atom stereocenters. The number of nitrogens with one attached hydrogen (secondary N) is 1. The molecule has 174 valence electrons. The molecular formula is C26H30ClN3O3. The summed E-state index contributed by atoms with van der Waals surface area (Å²) in [4.78, 5) is 15.1. The van der Waals surface area contributed by atoms with E-state index in [9.17, 15) is 4.79 Å². The van der Waals surface area contributed by atoms with Crippen LogP contribution in [0.5, 0.6) is 11.5 Å². The summed E-state index contributed by atoms with van der Waals surface area (Å²) < 4.78 is 13.2. The molecule has 1 N–H and O–H groups in total. The first kappa shape index (κ1) is 22.3. The van der Waals surface area contributed by atoms with E-state index in [1.165, 1.54) is 11.6 Å². The normalized spacial score (nSPS) is 16.9. The second-order valence-corrected chi connectivity index (χ2v) is 9.38. The van der Waals surface area contributed by atoms with Crippen LogP contribution in [0.1, 0.15) is 24.0 Å². The smallest absolute Gasteiger partial charge is 0.252 e. The number of ether oxygens (including phenoxy) is 2. The molecule has 2 aliphatic heterocycles. The van der Waals surface area contributed by atoms with E-state index in [1.54, 1.807) is 0 Å². The topological polar surface area (TPSA) is 55.7 Å². The zero-order valence-corrected chi connectivity index (χ0v) is 19.7. The maximum atomic E-state index is 12.6. The van der Waals surface area contributed by atoms with E-state index in [0.717, 1.165) is 67.0 Å². The van der Waals surface area contributed by atoms with E-state index in [0.29, 0.717) is 30.8 Å². The van der Waals surface area contributed by atoms with Crippen LogP contribution in [0.25, 0.3) is 10.9 Å². The van der Waals surface area contributed by atoms with Gasteiger partial charge in [0, 0.05) is 37.1 Å². The lowest BCUT2D eigenvalue weighted by molar-refractivity contribution is 0.171. The number of hydrogen-bond donors (Lipinski definition) is 1. The van der Waals surface area contributed by atoms with Crippen molar-refractivity contribution in [2.45, 2.75) is 38.9 Å². The molecule has 1 fully saturated rings. The molecule has 0 saturated carbocycles. The lowest BCUT2D eigenvalue weighted by Crippen LogP contribution is -2.43. The summed E-state index contributed by atoms with van der Waals surface area (Å²) in [5.41, 5.74) is 3.23. The highest BCUT2D eigenvalue weighted by atomic mass is 35.5. The van der Waals surface area contributed by atoms with Crippen molar-refractivity contribution < 1.29 is 9.47 Å². The van der Waals surface area contributed by atoms with Gasteiger partial charge >= 0.3 is 0 Å². The molecule has 6 nitrogen and oxygen atoms in total. The van der Waals surface area contributed by atoms with Gasteiger partial charge in [0.2, 0.25) is 0 Å². The molecule has 0 unspecified atom stereocenters. The number of aryl methyl sites for hydroxylation is 1. The number of benzene rings is 2. The van der Waals surface area contributed by atoms with E-state index in [1.807, 2.05) is 29.7 Å². The first-order valence-electron chi connectivity index (χ1n) is 11.7. The minimum absolute atomic E-state index is 0.0333. The minimum Gasteiger partial charge on any atom is -0.486 e. The number of halogens is 1. The Bertz CT molecular complexity index is 1200. The molecule has 1 aromatic heterocycles. The third-order valence-corrected chi connectivity index (χ3v) is 6.96. The van der Waals surface area contributed by atoms with Gasteiger partial charge in [-0.2, -0.15) is 0 Å². The number of rotatable bonds is 6. The number of likely N-dealkylation sites (tertiary alicyclic amines) is 1. The van der Waals surface area contributed by atoms with Crippen LogP contribution in [-0.4, -0.2) is 48.4 Å². The average Bonchev–Trinajstić information content (AvgIpc) is 2.83. The summed E-state index contributed by atoms with van der Waals surface area (Å²) in [7, 11) is 0. The fourth-order valence-corrected chi connectivity index (χ4v) is 5.00. The second-order valence-electron chi connectivity index (χ2n) is 8.98. The van der Waals surface area contributed by atoms with Crippen molar-refractivity contribution in [3.63, 3.8) is 0 Å². The standard InChI is InChI=1S/C26H30ClN3O3/c1-18-2-4-21-22(27)16-26(31)30(23(21)14-18)11-10-29-8-6-20(7-9-29)28-17-19-3-5-24-25(15-19)33-13-12-32-24/h2-5,14-16,20,28H,6-13,17H2,1H3. The molecule has 5 rings (SSSR count). The third-order valence-electron chi connectivity index (χ3n) is 6.65. The quantitative estimate of drug-likeness (QED) is 0.594. The van der Waals surface area contributed by atoms with E-state index < -0.39 is 0 Å². The highest BCUT2D eigenvalue weighted by Crippen LogP contribution is 2.30. The predicted octanol–water partition coefficient (Wildman–Crippen LogP) is 3.99. The van der Waals surface area contributed by atoms with Crippen LogP contribution < -0.4 is 20.3 Å². The predicted molar refractivity (Wildman–Crippen MR) is 132 cm³/mol. The summed E-state index contributed by atoms with van der Waals surface area (Å²) in [6.45, 7) is 7.68. The summed E-state index contributed by atoms with van der Waals surface area (Å²) in [5.74, 6) is 1.68. The third kappa shape index (κ3) is 5.03. The van der Waals surface area contributed by atoms with Gasteiger partial charge in [-0.25, -0.2) is 0 Å². The van der Waals surface area contributed by atoms with Crippen molar-refractivity contribution in [2.75, 3.05) is 32.8 Å². The summed E-state index contributed by atoms with van der Waals surface area (Å²) in [5, 5.41) is 5.15. The fourth-order valence-electron chi connectivity index (χ4n) is 4.74. The van der Waals surface area contributed by atoms with Crippen LogP contribution in [-0.2, 0) is 13.1 Å². The Morgan fingerprint density at radius 3 is 2.61 bits per heavy atom. The maximum Gasteiger partial charge on any atom is 0.252 e. The van der Waals surface area contributed by atoms with Crippen LogP contribution >= 0.6 is 11.6 Å². The van der Waals surface area contributed by atoms with E-state index >= 15 is 0 Å². The van der Waals surface area contributed by atoms with E-state index in [-0.39, 0.29) is 5.56 Å². The molecule has 0 amide bonds. The van der Waals surface area contributed by atoms with Crippen LogP contribution in [0, 0.1) is 6.92 Å². The van der Waals surface area contributed by atoms with Crippen molar-refractivity contribution >= 4 is 22.5 Å². The Kier molecular flexibility index (Phi) is 6.58. The van der Waals surface area contributed by atoms with E-state index in [4.69, 9.17) is 21.1 Å². The molecule has 0 spiro atoms. The molecule has 33 heavy (non-hydrogen) atoms. The monoisotopic (exact) mass is 467 g/mol. The largest absolute Gasteiger partial charge is 0.486 e. The molecule has 7 heteroatoms. The summed E-state index contributed by atoms with van der Waals surface area (Å²) in [6.07, 6.45) is 2.19. The molecule has 2 aromatic carbocycles. The molecular weight excluding hydrogens is 438 g/mol. The Labute approximate surface area is 199 Å². The highest BCUT2D eigenvalue weighted by Gasteiger charge is 2.20. The number of piperidine rings is 1. The lowest BCUT2D eigenvalue weighted by Gasteiger charge is -2.32. The lowest BCUT2D eigenvalue weighted by atomic mass is 10.0. The molecule has 0 radical (unpaired) electrons. The first-order valence-corrected chi connectivity index (χ1v) is 12.1. The van der Waals surface area contributed by atoms with Gasteiger partial charge in [-0.05, 0) is 62.2 Å². The van der Waals surface area contributed by atoms with Gasteiger partial charge in [0.05, 0.1) is 10.5 Å². The summed E-state index contributed by atoms with van der Waals surface area (Å²) >= 11 is 6.32. The molecule has 0 bridgehead atoms. The van der Waals surface area contributed by atoms with Gasteiger partial charge in [0.1, 0.15) is 13.2 Å². The molecule has 3 aromatic rings. The van der Waals surface area contributed by atoms with Gasteiger partial charge in [0.25, 0.3) is 5.56 Å². The zero-order valence-electron chi connectivity index (χ0n) is 19.0. The zero-order chi connectivity index (χ0) is 22.8. The van der Waals surface area contributed by atoms with Crippen molar-refractivity contribution in [2.24, 2.45) is 0 Å². The van der Waals surface area contributed by atoms with Gasteiger partial charge in [0.15, 0.2) is 11.5 Å². The molecule has 0 aliphatic carbocycles. The molecule has 2 aliphatic rings. The first-order chi connectivity index (χ1) is 16.1. The van der Waals surface area contributed by atoms with Crippen molar-refractivity contribution in [3.05, 3.63) is 69.0 Å². The maximum absolute atomic E-state index is 12.6. The number of pyridine rings is 1. The van der Waals surface area contributed by atoms with Crippen LogP contribution in [0.4, 0.5) is 0 Å². The van der Waals surface area contributed by atoms with Crippen LogP contribution in [0.2, 0.25) is 5.02 Å². The SMILES string of the molecule is Cc1ccc2c(Cl)cc(=O)n(CCN3CCC(NCc4ccc5c(c4)OCCO5)CC3)c2c1. The van der Waals surface area contributed by atoms with Gasteiger partial charge < -0.3 is 24.3 Å². The number of hydrogen-bond acceptors (Lipinski definition) is 5. The number of nitrogens with zero attached hydrogens (tertiary/aromatic N) is 2. The number of fused-ring (bicyclic) bond motifs is 2. The van der Waals surface area contributed by atoms with Crippen molar-refractivity contribution in [1.29, 1.82) is 0 Å². The summed E-state index contributed by atoms with van der Waals surface area (Å²) in [6, 6.07) is 14.3. The second kappa shape index (κ2) is 9.75. The minimum atomic E-state index is -0.0333.